The predicted octanol–water partition coefficient (Wildman–Crippen LogP) is 5.42. The van der Waals surface area contributed by atoms with Gasteiger partial charge in [0.05, 0.1) is 7.11 Å². The third-order valence-corrected chi connectivity index (χ3v) is 6.22. The molecule has 3 aromatic carbocycles. The topological polar surface area (TPSA) is 49.9 Å². The number of carbonyl (C=O) groups is 2. The number of halogens is 2. The van der Waals surface area contributed by atoms with E-state index in [9.17, 15) is 9.59 Å². The van der Waals surface area contributed by atoms with E-state index in [0.717, 1.165) is 16.7 Å². The molecule has 0 atom stereocenters. The summed E-state index contributed by atoms with van der Waals surface area (Å²) in [4.78, 5) is 29.6. The van der Waals surface area contributed by atoms with Crippen LogP contribution in [-0.2, 0) is 4.79 Å². The van der Waals surface area contributed by atoms with E-state index in [0.29, 0.717) is 47.5 Å². The van der Waals surface area contributed by atoms with Crippen molar-refractivity contribution in [2.45, 2.75) is 0 Å². The Kier molecular flexibility index (Phi) is 7.56. The second kappa shape index (κ2) is 10.8. The van der Waals surface area contributed by atoms with Crippen molar-refractivity contribution in [2.24, 2.45) is 0 Å². The number of rotatable bonds is 5. The number of methoxy groups -OCH3 is 1. The lowest BCUT2D eigenvalue weighted by Crippen LogP contribution is -2.50. The highest BCUT2D eigenvalue weighted by molar-refractivity contribution is 6.31. The molecule has 1 heterocycles. The SMILES string of the molecule is COc1ccc(C(=O)N2CCN(C(=O)C=C(c3cccc(Cl)c3)c3cccc(Cl)c3)CC2)cc1. The Bertz CT molecular complexity index is 1170. The summed E-state index contributed by atoms with van der Waals surface area (Å²) in [7, 11) is 1.59. The molecule has 7 heteroatoms. The van der Waals surface area contributed by atoms with Crippen LogP contribution in [-0.4, -0.2) is 54.9 Å². The van der Waals surface area contributed by atoms with Gasteiger partial charge in [-0.2, -0.15) is 0 Å². The van der Waals surface area contributed by atoms with E-state index >= 15 is 0 Å². The summed E-state index contributed by atoms with van der Waals surface area (Å²) in [5.74, 6) is 0.532. The molecule has 1 fully saturated rings. The van der Waals surface area contributed by atoms with E-state index in [1.165, 1.54) is 0 Å². The Morgan fingerprint density at radius 1 is 0.765 bits per heavy atom. The Morgan fingerprint density at radius 3 is 1.79 bits per heavy atom. The number of benzene rings is 3. The monoisotopic (exact) mass is 494 g/mol. The van der Waals surface area contributed by atoms with E-state index in [4.69, 9.17) is 27.9 Å². The molecule has 174 valence electrons. The smallest absolute Gasteiger partial charge is 0.253 e. The van der Waals surface area contributed by atoms with Crippen molar-refractivity contribution < 1.29 is 14.3 Å². The summed E-state index contributed by atoms with van der Waals surface area (Å²) in [6.45, 7) is 1.84. The van der Waals surface area contributed by atoms with Gasteiger partial charge in [0, 0.05) is 47.9 Å². The predicted molar refractivity (Wildman–Crippen MR) is 135 cm³/mol. The third-order valence-electron chi connectivity index (χ3n) is 5.75. The first kappa shape index (κ1) is 23.9. The summed E-state index contributed by atoms with van der Waals surface area (Å²) in [6, 6.07) is 21.8. The number of amides is 2. The van der Waals surface area contributed by atoms with E-state index in [2.05, 4.69) is 0 Å². The Hall–Kier alpha value is -3.28. The van der Waals surface area contributed by atoms with Crippen molar-refractivity contribution in [3.8, 4) is 5.75 Å². The zero-order valence-electron chi connectivity index (χ0n) is 18.7. The fourth-order valence-corrected chi connectivity index (χ4v) is 4.29. The van der Waals surface area contributed by atoms with Gasteiger partial charge >= 0.3 is 0 Å². The molecule has 0 radical (unpaired) electrons. The largest absolute Gasteiger partial charge is 0.497 e. The fourth-order valence-electron chi connectivity index (χ4n) is 3.91. The van der Waals surface area contributed by atoms with Crippen LogP contribution in [0, 0.1) is 0 Å². The van der Waals surface area contributed by atoms with Crippen LogP contribution >= 0.6 is 23.2 Å². The van der Waals surface area contributed by atoms with Crippen LogP contribution in [0.5, 0.6) is 5.75 Å². The van der Waals surface area contributed by atoms with Crippen molar-refractivity contribution in [1.82, 2.24) is 9.80 Å². The first-order chi connectivity index (χ1) is 16.4. The minimum Gasteiger partial charge on any atom is -0.497 e. The van der Waals surface area contributed by atoms with Crippen LogP contribution in [0.1, 0.15) is 21.5 Å². The summed E-state index contributed by atoms with van der Waals surface area (Å²) < 4.78 is 5.15. The zero-order chi connectivity index (χ0) is 24.1. The standard InChI is InChI=1S/C27H24Cl2N2O3/c1-34-24-10-8-19(9-11-24)27(33)31-14-12-30(13-15-31)26(32)18-25(20-4-2-6-22(28)16-20)21-5-3-7-23(29)17-21/h2-11,16-18H,12-15H2,1H3. The molecule has 0 aromatic heterocycles. The van der Waals surface area contributed by atoms with Gasteiger partial charge in [0.1, 0.15) is 5.75 Å². The number of ether oxygens (including phenoxy) is 1. The van der Waals surface area contributed by atoms with Crippen LogP contribution in [0.4, 0.5) is 0 Å². The number of carbonyl (C=O) groups excluding carboxylic acids is 2. The first-order valence-electron chi connectivity index (χ1n) is 10.9. The molecule has 0 spiro atoms. The van der Waals surface area contributed by atoms with Crippen molar-refractivity contribution >= 4 is 40.6 Å². The minimum absolute atomic E-state index is 0.0520. The molecule has 1 aliphatic heterocycles. The molecule has 1 aliphatic rings. The maximum atomic E-state index is 13.2. The van der Waals surface area contributed by atoms with Gasteiger partial charge in [-0.05, 0) is 65.2 Å². The van der Waals surface area contributed by atoms with Gasteiger partial charge in [0.15, 0.2) is 0 Å². The Morgan fingerprint density at radius 2 is 1.29 bits per heavy atom. The highest BCUT2D eigenvalue weighted by Gasteiger charge is 2.24. The van der Waals surface area contributed by atoms with Crippen LogP contribution in [0.3, 0.4) is 0 Å². The van der Waals surface area contributed by atoms with Gasteiger partial charge < -0.3 is 14.5 Å². The lowest BCUT2D eigenvalue weighted by atomic mass is 9.97. The van der Waals surface area contributed by atoms with Gasteiger partial charge in [-0.1, -0.05) is 47.5 Å². The molecular weight excluding hydrogens is 471 g/mol. The number of hydrogen-bond acceptors (Lipinski definition) is 3. The molecule has 0 saturated carbocycles. The molecule has 3 aromatic rings. The lowest BCUT2D eigenvalue weighted by Gasteiger charge is -2.34. The highest BCUT2D eigenvalue weighted by Crippen LogP contribution is 2.28. The molecule has 5 nitrogen and oxygen atoms in total. The van der Waals surface area contributed by atoms with Gasteiger partial charge in [0.25, 0.3) is 5.91 Å². The maximum absolute atomic E-state index is 13.2. The van der Waals surface area contributed by atoms with Gasteiger partial charge in [-0.15, -0.1) is 0 Å². The molecule has 0 bridgehead atoms. The van der Waals surface area contributed by atoms with Crippen molar-refractivity contribution in [3.05, 3.63) is 106 Å². The highest BCUT2D eigenvalue weighted by atomic mass is 35.5. The van der Waals surface area contributed by atoms with E-state index in [1.807, 2.05) is 36.4 Å². The van der Waals surface area contributed by atoms with Gasteiger partial charge in [-0.25, -0.2) is 0 Å². The number of hydrogen-bond donors (Lipinski definition) is 0. The minimum atomic E-state index is -0.119. The summed E-state index contributed by atoms with van der Waals surface area (Å²) >= 11 is 12.4. The molecular formula is C27H24Cl2N2O3. The number of nitrogens with zero attached hydrogens (tertiary/aromatic N) is 2. The van der Waals surface area contributed by atoms with Crippen LogP contribution in [0.2, 0.25) is 10.0 Å². The molecule has 0 N–H and O–H groups in total. The molecule has 34 heavy (non-hydrogen) atoms. The second-order valence-corrected chi connectivity index (χ2v) is 8.80. The Balaban J connectivity index is 1.50. The van der Waals surface area contributed by atoms with Gasteiger partial charge in [-0.3, -0.25) is 9.59 Å². The molecule has 1 saturated heterocycles. The van der Waals surface area contributed by atoms with Crippen LogP contribution < -0.4 is 4.74 Å². The van der Waals surface area contributed by atoms with E-state index in [-0.39, 0.29) is 11.8 Å². The quantitative estimate of drug-likeness (QED) is 0.445. The molecule has 0 unspecified atom stereocenters. The fraction of sp³-hybridized carbons (Fsp3) is 0.185. The first-order valence-corrected chi connectivity index (χ1v) is 11.7. The van der Waals surface area contributed by atoms with E-state index < -0.39 is 0 Å². The number of piperazine rings is 1. The van der Waals surface area contributed by atoms with Crippen LogP contribution in [0.25, 0.3) is 5.57 Å². The zero-order valence-corrected chi connectivity index (χ0v) is 20.2. The summed E-state index contributed by atoms with van der Waals surface area (Å²) in [5.41, 5.74) is 3.00. The lowest BCUT2D eigenvalue weighted by molar-refractivity contribution is -0.127. The molecule has 2 amide bonds. The average Bonchev–Trinajstić information content (AvgIpc) is 2.87. The average molecular weight is 495 g/mol. The van der Waals surface area contributed by atoms with Crippen molar-refractivity contribution in [3.63, 3.8) is 0 Å². The van der Waals surface area contributed by atoms with Crippen molar-refractivity contribution in [2.75, 3.05) is 33.3 Å². The third kappa shape index (κ3) is 5.61. The normalized spacial score (nSPS) is 13.4. The second-order valence-electron chi connectivity index (χ2n) is 7.92. The molecule has 4 rings (SSSR count). The summed E-state index contributed by atoms with van der Waals surface area (Å²) in [5, 5.41) is 1.17. The maximum Gasteiger partial charge on any atom is 0.253 e. The van der Waals surface area contributed by atoms with Crippen molar-refractivity contribution in [1.29, 1.82) is 0 Å². The van der Waals surface area contributed by atoms with Gasteiger partial charge in [0.2, 0.25) is 5.91 Å². The Labute approximate surface area is 209 Å². The molecule has 0 aliphatic carbocycles. The summed E-state index contributed by atoms with van der Waals surface area (Å²) in [6.07, 6.45) is 1.62. The van der Waals surface area contributed by atoms with E-state index in [1.54, 1.807) is 59.4 Å². The van der Waals surface area contributed by atoms with Crippen LogP contribution in [0.15, 0.2) is 78.9 Å².